The van der Waals surface area contributed by atoms with Gasteiger partial charge in [0.05, 0.1) is 12.1 Å². The van der Waals surface area contributed by atoms with Crippen LogP contribution in [0.3, 0.4) is 0 Å². The van der Waals surface area contributed by atoms with E-state index in [0.717, 1.165) is 29.0 Å². The third kappa shape index (κ3) is 9.26. The van der Waals surface area contributed by atoms with Gasteiger partial charge in [-0.25, -0.2) is 0 Å². The first-order chi connectivity index (χ1) is 21.4. The van der Waals surface area contributed by atoms with Crippen LogP contribution in [0.5, 0.6) is 11.5 Å². The molecule has 254 valence electrons. The molecule has 4 nitrogen and oxygen atoms in total. The number of hydrogen-bond acceptors (Lipinski definition) is 4. The normalized spacial score (nSPS) is 23.3. The van der Waals surface area contributed by atoms with Gasteiger partial charge in [0.25, 0.3) is 0 Å². The lowest BCUT2D eigenvalue weighted by atomic mass is 9.79. The Morgan fingerprint density at radius 1 is 0.609 bits per heavy atom. The van der Waals surface area contributed by atoms with Crippen LogP contribution in [-0.4, -0.2) is 31.3 Å². The van der Waals surface area contributed by atoms with Crippen LogP contribution < -0.4 is 9.47 Å². The summed E-state index contributed by atoms with van der Waals surface area (Å²) in [4.78, 5) is 10.3. The smallest absolute Gasteiger partial charge is 0.230 e. The van der Waals surface area contributed by atoms with Gasteiger partial charge in [-0.2, -0.15) is 0 Å². The molecule has 46 heavy (non-hydrogen) atoms. The summed E-state index contributed by atoms with van der Waals surface area (Å²) in [6.07, 6.45) is 14.2. The van der Waals surface area contributed by atoms with E-state index < -0.39 is 0 Å². The van der Waals surface area contributed by atoms with Crippen molar-refractivity contribution >= 4 is 12.4 Å². The molecule has 0 bridgehead atoms. The lowest BCUT2D eigenvalue weighted by Crippen LogP contribution is -2.22. The maximum atomic E-state index is 6.74. The number of ether oxygens (including phenoxy) is 2. The predicted molar refractivity (Wildman–Crippen MR) is 198 cm³/mol. The van der Waals surface area contributed by atoms with Gasteiger partial charge in [0, 0.05) is 34.7 Å². The lowest BCUT2D eigenvalue weighted by molar-refractivity contribution is 0.115. The van der Waals surface area contributed by atoms with Crippen LogP contribution in [0.25, 0.3) is 0 Å². The molecule has 0 heterocycles. The second-order valence-electron chi connectivity index (χ2n) is 17.5. The van der Waals surface area contributed by atoms with Crippen LogP contribution in [-0.2, 0) is 16.2 Å². The van der Waals surface area contributed by atoms with E-state index in [9.17, 15) is 0 Å². The minimum atomic E-state index is -0.119. The maximum Gasteiger partial charge on any atom is 0.230 e. The second kappa shape index (κ2) is 14.7. The van der Waals surface area contributed by atoms with Crippen LogP contribution >= 0.6 is 0 Å². The van der Waals surface area contributed by atoms with Crippen LogP contribution in [0.15, 0.2) is 34.3 Å². The topological polar surface area (TPSA) is 43.2 Å². The quantitative estimate of drug-likeness (QED) is 0.216. The highest BCUT2D eigenvalue weighted by atomic mass is 16.7. The van der Waals surface area contributed by atoms with Crippen molar-refractivity contribution in [3.63, 3.8) is 0 Å². The molecule has 2 aliphatic carbocycles. The number of nitrogens with zero attached hydrogens (tertiary/aromatic N) is 2. The molecule has 2 aromatic rings. The summed E-state index contributed by atoms with van der Waals surface area (Å²) in [5.41, 5.74) is 6.77. The molecule has 0 aliphatic heterocycles. The zero-order valence-electron chi connectivity index (χ0n) is 31.3. The Morgan fingerprint density at radius 2 is 1.04 bits per heavy atom. The number of aryl methyl sites for hydroxylation is 1. The molecular weight excluding hydrogens is 564 g/mol. The van der Waals surface area contributed by atoms with Crippen molar-refractivity contribution < 1.29 is 9.47 Å². The van der Waals surface area contributed by atoms with E-state index in [1.54, 1.807) is 0 Å². The summed E-state index contributed by atoms with van der Waals surface area (Å²) < 4.78 is 13.4. The molecule has 2 fully saturated rings. The van der Waals surface area contributed by atoms with Crippen molar-refractivity contribution in [2.45, 2.75) is 163 Å². The third-order valence-corrected chi connectivity index (χ3v) is 10.2. The van der Waals surface area contributed by atoms with E-state index in [4.69, 9.17) is 19.5 Å². The van der Waals surface area contributed by atoms with Crippen molar-refractivity contribution in [2.24, 2.45) is 21.8 Å². The highest BCUT2D eigenvalue weighted by Crippen LogP contribution is 2.40. The average Bonchev–Trinajstić information content (AvgIpc) is 2.95. The molecule has 0 saturated heterocycles. The molecule has 0 aromatic heterocycles. The van der Waals surface area contributed by atoms with E-state index in [1.165, 1.54) is 67.2 Å². The predicted octanol–water partition coefficient (Wildman–Crippen LogP) is 11.3. The zero-order chi connectivity index (χ0) is 33.9. The fourth-order valence-electron chi connectivity index (χ4n) is 7.05. The van der Waals surface area contributed by atoms with E-state index in [1.807, 2.05) is 0 Å². The highest BCUT2D eigenvalue weighted by molar-refractivity contribution is 5.86. The number of aliphatic imine (C=N–C) groups is 2. The highest BCUT2D eigenvalue weighted by Gasteiger charge is 2.28. The lowest BCUT2D eigenvalue weighted by Gasteiger charge is -2.30. The first-order valence-corrected chi connectivity index (χ1v) is 18.1. The molecule has 2 aromatic carbocycles. The van der Waals surface area contributed by atoms with E-state index in [-0.39, 0.29) is 23.0 Å². The van der Waals surface area contributed by atoms with Gasteiger partial charge >= 0.3 is 0 Å². The van der Waals surface area contributed by atoms with Gasteiger partial charge in [-0.3, -0.25) is 9.98 Å². The fraction of sp³-hybridized carbons (Fsp3) is 0.667. The molecule has 0 N–H and O–H groups in total. The van der Waals surface area contributed by atoms with Crippen molar-refractivity contribution in [1.29, 1.82) is 0 Å². The first kappa shape index (κ1) is 36.2. The Labute approximate surface area is 281 Å². The molecule has 2 saturated carbocycles. The van der Waals surface area contributed by atoms with Crippen LogP contribution in [0.1, 0.15) is 161 Å². The zero-order valence-corrected chi connectivity index (χ0v) is 31.3. The Bertz CT molecular complexity index is 1380. The fourth-order valence-corrected chi connectivity index (χ4v) is 7.05. The van der Waals surface area contributed by atoms with Gasteiger partial charge in [0.15, 0.2) is 0 Å². The summed E-state index contributed by atoms with van der Waals surface area (Å²) in [7, 11) is 0. The Morgan fingerprint density at radius 3 is 1.48 bits per heavy atom. The summed E-state index contributed by atoms with van der Waals surface area (Å²) in [6, 6.07) is 9.84. The minimum absolute atomic E-state index is 0.00330. The Hall–Kier alpha value is -2.62. The van der Waals surface area contributed by atoms with Crippen LogP contribution in [0.4, 0.5) is 0 Å². The van der Waals surface area contributed by atoms with E-state index in [0.29, 0.717) is 23.9 Å². The molecule has 0 spiro atoms. The van der Waals surface area contributed by atoms with E-state index >= 15 is 0 Å². The molecule has 4 atom stereocenters. The van der Waals surface area contributed by atoms with Crippen LogP contribution in [0, 0.1) is 18.8 Å². The molecule has 0 amide bonds. The second-order valence-corrected chi connectivity index (χ2v) is 17.5. The van der Waals surface area contributed by atoms with Gasteiger partial charge < -0.3 is 9.47 Å². The molecular formula is C42H64N2O2. The van der Waals surface area contributed by atoms with E-state index in [2.05, 4.69) is 120 Å². The number of benzene rings is 2. The average molecular weight is 629 g/mol. The summed E-state index contributed by atoms with van der Waals surface area (Å²) in [5.74, 6) is 2.98. The van der Waals surface area contributed by atoms with Gasteiger partial charge in [0.1, 0.15) is 11.5 Å². The maximum absolute atomic E-state index is 6.74. The number of hydrogen-bond donors (Lipinski definition) is 0. The first-order valence-electron chi connectivity index (χ1n) is 18.1. The minimum Gasteiger partial charge on any atom is -0.456 e. The SMILES string of the molecule is Cc1cc(/C=N/C2CCCCC2C)c(OCOc2c(/C=N/C3CCCCC3C)cc(C(C)(C)C)cc2C(C)(C)C)c(C(C)(C)C)c1. The summed E-state index contributed by atoms with van der Waals surface area (Å²) in [5, 5.41) is 0. The molecule has 4 heteroatoms. The monoisotopic (exact) mass is 628 g/mol. The largest absolute Gasteiger partial charge is 0.456 e. The summed E-state index contributed by atoms with van der Waals surface area (Å²) >= 11 is 0. The van der Waals surface area contributed by atoms with Gasteiger partial charge in [-0.15, -0.1) is 0 Å². The van der Waals surface area contributed by atoms with Crippen molar-refractivity contribution in [3.05, 3.63) is 57.6 Å². The third-order valence-electron chi connectivity index (χ3n) is 10.2. The Kier molecular flexibility index (Phi) is 11.5. The molecule has 4 rings (SSSR count). The standard InChI is InChI=1S/C42H64N2O2/c1-28-21-31(25-43-36-19-15-13-17-29(36)2)38(34(22-28)41(7,8)9)45-27-46-39-32(26-44-37-20-16-14-18-30(37)3)23-33(40(4,5)6)24-35(39)42(10,11)12/h21-26,29-30,36-37H,13-20,27H2,1-12H3/b43-25+,44-26+. The van der Waals surface area contributed by atoms with Gasteiger partial charge in [-0.1, -0.05) is 114 Å². The van der Waals surface area contributed by atoms with Crippen molar-refractivity contribution in [1.82, 2.24) is 0 Å². The summed E-state index contributed by atoms with van der Waals surface area (Å²) in [6.45, 7) is 27.4. The van der Waals surface area contributed by atoms with Crippen molar-refractivity contribution in [3.8, 4) is 11.5 Å². The van der Waals surface area contributed by atoms with Crippen LogP contribution in [0.2, 0.25) is 0 Å². The molecule has 4 unspecified atom stereocenters. The Balaban J connectivity index is 1.72. The number of rotatable bonds is 8. The molecule has 2 aliphatic rings. The van der Waals surface area contributed by atoms with Gasteiger partial charge in [-0.05, 0) is 83.9 Å². The van der Waals surface area contributed by atoms with Gasteiger partial charge in [0.2, 0.25) is 6.79 Å². The van der Waals surface area contributed by atoms with Crippen molar-refractivity contribution in [2.75, 3.05) is 6.79 Å². The molecule has 0 radical (unpaired) electrons.